The van der Waals surface area contributed by atoms with Crippen molar-refractivity contribution in [2.45, 2.75) is 6.92 Å². The minimum absolute atomic E-state index is 0.540. The molecule has 2 heterocycles. The molecule has 0 radical (unpaired) electrons. The summed E-state index contributed by atoms with van der Waals surface area (Å²) in [7, 11) is 1.91. The van der Waals surface area contributed by atoms with Crippen LogP contribution in [0, 0.1) is 6.92 Å². The van der Waals surface area contributed by atoms with Crippen LogP contribution in [0.3, 0.4) is 0 Å². The maximum Gasteiger partial charge on any atom is 0.124 e. The fourth-order valence-corrected chi connectivity index (χ4v) is 1.24. The Morgan fingerprint density at radius 3 is 3.00 bits per heavy atom. The number of aryl methyl sites for hydroxylation is 2. The average Bonchev–Trinajstić information content (AvgIpc) is 2.31. The monoisotopic (exact) mass is 162 g/mol. The number of rotatable bonds is 0. The summed E-state index contributed by atoms with van der Waals surface area (Å²) in [5, 5.41) is 5.33. The zero-order chi connectivity index (χ0) is 8.72. The van der Waals surface area contributed by atoms with Crippen molar-refractivity contribution in [2.24, 2.45) is 7.05 Å². The molecule has 4 nitrogen and oxygen atoms in total. The van der Waals surface area contributed by atoms with E-state index in [9.17, 15) is 0 Å². The van der Waals surface area contributed by atoms with Gasteiger partial charge in [-0.1, -0.05) is 0 Å². The molecule has 0 atom stereocenters. The summed E-state index contributed by atoms with van der Waals surface area (Å²) in [5.41, 5.74) is 7.56. The van der Waals surface area contributed by atoms with E-state index in [1.54, 1.807) is 6.20 Å². The van der Waals surface area contributed by atoms with Gasteiger partial charge in [-0.05, 0) is 13.0 Å². The van der Waals surface area contributed by atoms with Gasteiger partial charge in [-0.2, -0.15) is 5.10 Å². The number of nitrogen functional groups attached to an aromatic ring is 1. The quantitative estimate of drug-likeness (QED) is 0.625. The summed E-state index contributed by atoms with van der Waals surface area (Å²) in [5.74, 6) is 0.540. The van der Waals surface area contributed by atoms with Gasteiger partial charge in [-0.3, -0.25) is 4.68 Å². The van der Waals surface area contributed by atoms with Crippen LogP contribution in [0.4, 0.5) is 5.82 Å². The van der Waals surface area contributed by atoms with Gasteiger partial charge < -0.3 is 5.73 Å². The SMILES string of the molecule is Cc1c2cc(N)ncc2nn1C. The molecule has 4 heteroatoms. The highest BCUT2D eigenvalue weighted by molar-refractivity contribution is 5.82. The van der Waals surface area contributed by atoms with E-state index in [2.05, 4.69) is 10.1 Å². The minimum Gasteiger partial charge on any atom is -0.384 e. The third-order valence-electron chi connectivity index (χ3n) is 2.04. The Kier molecular flexibility index (Phi) is 1.30. The van der Waals surface area contributed by atoms with E-state index in [4.69, 9.17) is 5.73 Å². The third-order valence-corrected chi connectivity index (χ3v) is 2.04. The molecule has 0 aliphatic rings. The van der Waals surface area contributed by atoms with Gasteiger partial charge in [0.1, 0.15) is 11.3 Å². The van der Waals surface area contributed by atoms with Gasteiger partial charge in [-0.15, -0.1) is 0 Å². The summed E-state index contributed by atoms with van der Waals surface area (Å²) in [6, 6.07) is 1.84. The number of nitrogens with zero attached hydrogens (tertiary/aromatic N) is 3. The van der Waals surface area contributed by atoms with Crippen molar-refractivity contribution in [3.8, 4) is 0 Å². The predicted octanol–water partition coefficient (Wildman–Crippen LogP) is 0.859. The number of hydrogen-bond acceptors (Lipinski definition) is 3. The first kappa shape index (κ1) is 7.09. The van der Waals surface area contributed by atoms with E-state index in [0.717, 1.165) is 16.6 Å². The Hall–Kier alpha value is -1.58. The van der Waals surface area contributed by atoms with Crippen LogP contribution in [0.15, 0.2) is 12.3 Å². The minimum atomic E-state index is 0.540. The molecule has 12 heavy (non-hydrogen) atoms. The molecule has 0 spiro atoms. The van der Waals surface area contributed by atoms with Crippen LogP contribution in [0.1, 0.15) is 5.69 Å². The highest BCUT2D eigenvalue weighted by Crippen LogP contribution is 2.17. The van der Waals surface area contributed by atoms with Gasteiger partial charge in [0.15, 0.2) is 0 Å². The van der Waals surface area contributed by atoms with E-state index in [0.29, 0.717) is 5.82 Å². The maximum absolute atomic E-state index is 5.55. The molecule has 0 aromatic carbocycles. The van der Waals surface area contributed by atoms with Crippen molar-refractivity contribution in [3.63, 3.8) is 0 Å². The van der Waals surface area contributed by atoms with Crippen LogP contribution in [0.2, 0.25) is 0 Å². The van der Waals surface area contributed by atoms with Crippen LogP contribution in [0.25, 0.3) is 10.9 Å². The standard InChI is InChI=1S/C8H10N4/c1-5-6-3-8(9)10-4-7(6)11-12(5)2/h3-4H,9H2,1-2H3. The summed E-state index contributed by atoms with van der Waals surface area (Å²) >= 11 is 0. The summed E-state index contributed by atoms with van der Waals surface area (Å²) in [4.78, 5) is 3.96. The van der Waals surface area contributed by atoms with E-state index in [1.807, 2.05) is 24.7 Å². The molecular weight excluding hydrogens is 152 g/mol. The lowest BCUT2D eigenvalue weighted by molar-refractivity contribution is 0.751. The van der Waals surface area contributed by atoms with Gasteiger partial charge in [0.25, 0.3) is 0 Å². The molecule has 62 valence electrons. The van der Waals surface area contributed by atoms with Crippen molar-refractivity contribution in [2.75, 3.05) is 5.73 Å². The van der Waals surface area contributed by atoms with Crippen LogP contribution >= 0.6 is 0 Å². The molecule has 0 aliphatic heterocycles. The zero-order valence-corrected chi connectivity index (χ0v) is 7.07. The Bertz CT molecular complexity index is 430. The summed E-state index contributed by atoms with van der Waals surface area (Å²) in [6.45, 7) is 2.01. The van der Waals surface area contributed by atoms with Gasteiger partial charge in [0, 0.05) is 18.1 Å². The molecule has 2 rings (SSSR count). The maximum atomic E-state index is 5.55. The second kappa shape index (κ2) is 2.20. The number of anilines is 1. The number of nitrogens with two attached hydrogens (primary N) is 1. The molecule has 0 fully saturated rings. The van der Waals surface area contributed by atoms with E-state index in [-0.39, 0.29) is 0 Å². The fourth-order valence-electron chi connectivity index (χ4n) is 1.24. The van der Waals surface area contributed by atoms with Crippen molar-refractivity contribution in [1.29, 1.82) is 0 Å². The van der Waals surface area contributed by atoms with Crippen LogP contribution < -0.4 is 5.73 Å². The van der Waals surface area contributed by atoms with Crippen LogP contribution in [-0.4, -0.2) is 14.8 Å². The molecule has 2 aromatic heterocycles. The lowest BCUT2D eigenvalue weighted by Crippen LogP contribution is -1.91. The number of hydrogen-bond donors (Lipinski definition) is 1. The lowest BCUT2D eigenvalue weighted by Gasteiger charge is -1.92. The Balaban J connectivity index is 2.88. The molecule has 2 N–H and O–H groups in total. The van der Waals surface area contributed by atoms with Crippen molar-refractivity contribution >= 4 is 16.7 Å². The molecule has 0 aliphatic carbocycles. The van der Waals surface area contributed by atoms with Crippen LogP contribution in [0.5, 0.6) is 0 Å². The fraction of sp³-hybridized carbons (Fsp3) is 0.250. The van der Waals surface area contributed by atoms with Gasteiger partial charge in [0.05, 0.1) is 6.20 Å². The van der Waals surface area contributed by atoms with Crippen molar-refractivity contribution < 1.29 is 0 Å². The average molecular weight is 162 g/mol. The third kappa shape index (κ3) is 0.845. The van der Waals surface area contributed by atoms with E-state index in [1.165, 1.54) is 0 Å². The Labute approximate surface area is 70.0 Å². The molecule has 2 aromatic rings. The Morgan fingerprint density at radius 2 is 2.25 bits per heavy atom. The Morgan fingerprint density at radius 1 is 1.50 bits per heavy atom. The van der Waals surface area contributed by atoms with Crippen molar-refractivity contribution in [3.05, 3.63) is 18.0 Å². The predicted molar refractivity (Wildman–Crippen MR) is 47.7 cm³/mol. The first-order valence-corrected chi connectivity index (χ1v) is 3.73. The highest BCUT2D eigenvalue weighted by atomic mass is 15.3. The lowest BCUT2D eigenvalue weighted by atomic mass is 10.2. The van der Waals surface area contributed by atoms with Crippen LogP contribution in [-0.2, 0) is 7.05 Å². The molecule has 0 amide bonds. The van der Waals surface area contributed by atoms with Crippen molar-refractivity contribution in [1.82, 2.24) is 14.8 Å². The number of pyridine rings is 1. The van der Waals surface area contributed by atoms with Gasteiger partial charge in [0.2, 0.25) is 0 Å². The first-order chi connectivity index (χ1) is 5.68. The van der Waals surface area contributed by atoms with E-state index >= 15 is 0 Å². The first-order valence-electron chi connectivity index (χ1n) is 3.73. The largest absolute Gasteiger partial charge is 0.384 e. The second-order valence-electron chi connectivity index (χ2n) is 2.84. The highest BCUT2D eigenvalue weighted by Gasteiger charge is 2.04. The van der Waals surface area contributed by atoms with E-state index < -0.39 is 0 Å². The summed E-state index contributed by atoms with van der Waals surface area (Å²) < 4.78 is 1.83. The molecule has 0 saturated heterocycles. The van der Waals surface area contributed by atoms with Gasteiger partial charge in [-0.25, -0.2) is 4.98 Å². The molecular formula is C8H10N4. The molecule has 0 unspecified atom stereocenters. The molecule has 0 bridgehead atoms. The number of fused-ring (bicyclic) bond motifs is 1. The zero-order valence-electron chi connectivity index (χ0n) is 7.07. The van der Waals surface area contributed by atoms with Gasteiger partial charge >= 0.3 is 0 Å². The number of aromatic nitrogens is 3. The second-order valence-corrected chi connectivity index (χ2v) is 2.84. The summed E-state index contributed by atoms with van der Waals surface area (Å²) in [6.07, 6.45) is 1.69. The normalized spacial score (nSPS) is 10.8. The smallest absolute Gasteiger partial charge is 0.124 e. The topological polar surface area (TPSA) is 56.7 Å². The molecule has 0 saturated carbocycles.